The highest BCUT2D eigenvalue weighted by Gasteiger charge is 2.11. The number of nitrogens with one attached hydrogen (secondary N) is 1. The Balaban J connectivity index is 1.68. The molecule has 3 aromatic rings. The largest absolute Gasteiger partial charge is 0.462 e. The number of rotatable bonds is 6. The summed E-state index contributed by atoms with van der Waals surface area (Å²) in [5.41, 5.74) is 2.60. The molecule has 28 heavy (non-hydrogen) atoms. The number of hydrogen-bond acceptors (Lipinski definition) is 5. The van der Waals surface area contributed by atoms with Gasteiger partial charge in [-0.15, -0.1) is 0 Å². The van der Waals surface area contributed by atoms with Gasteiger partial charge in [-0.3, -0.25) is 9.59 Å². The first-order valence-electron chi connectivity index (χ1n) is 9.03. The number of carbonyl (C=O) groups is 2. The van der Waals surface area contributed by atoms with Crippen molar-refractivity contribution in [1.29, 1.82) is 0 Å². The lowest BCUT2D eigenvalue weighted by molar-refractivity contribution is -0.116. The van der Waals surface area contributed by atoms with E-state index >= 15 is 0 Å². The van der Waals surface area contributed by atoms with E-state index in [0.29, 0.717) is 29.1 Å². The van der Waals surface area contributed by atoms with Gasteiger partial charge in [0.15, 0.2) is 0 Å². The zero-order chi connectivity index (χ0) is 20.1. The lowest BCUT2D eigenvalue weighted by Gasteiger charge is -2.11. The van der Waals surface area contributed by atoms with Gasteiger partial charge in [-0.2, -0.15) is 0 Å². The van der Waals surface area contributed by atoms with Crippen molar-refractivity contribution in [1.82, 2.24) is 9.55 Å². The first kappa shape index (κ1) is 19.3. The molecule has 0 fully saturated rings. The van der Waals surface area contributed by atoms with E-state index < -0.39 is 5.97 Å². The minimum absolute atomic E-state index is 0.132. The summed E-state index contributed by atoms with van der Waals surface area (Å²) < 4.78 is 6.50. The summed E-state index contributed by atoms with van der Waals surface area (Å²) in [6, 6.07) is 13.8. The molecule has 0 bridgehead atoms. The molecule has 0 aliphatic carbocycles. The standard InChI is InChI=1S/C21H21N3O4/c1-3-28-21(27)15-8-10-16(11-9-15)23-19(25)12-13-24-18-7-5-4-6-17(18)22-14(2)20(24)26/h4-11H,3,12-13H2,1-2H3,(H,23,25). The molecule has 0 spiro atoms. The molecule has 0 aliphatic heterocycles. The van der Waals surface area contributed by atoms with E-state index in [1.807, 2.05) is 24.3 Å². The van der Waals surface area contributed by atoms with Crippen molar-refractivity contribution in [3.63, 3.8) is 0 Å². The van der Waals surface area contributed by atoms with Gasteiger partial charge in [-0.1, -0.05) is 12.1 Å². The molecule has 144 valence electrons. The van der Waals surface area contributed by atoms with E-state index in [1.165, 1.54) is 0 Å². The van der Waals surface area contributed by atoms with E-state index in [1.54, 1.807) is 42.7 Å². The molecule has 3 rings (SSSR count). The molecule has 7 heteroatoms. The fraction of sp³-hybridized carbons (Fsp3) is 0.238. The van der Waals surface area contributed by atoms with Gasteiger partial charge < -0.3 is 14.6 Å². The number of nitrogens with zero attached hydrogens (tertiary/aromatic N) is 2. The van der Waals surface area contributed by atoms with E-state index in [0.717, 1.165) is 5.52 Å². The van der Waals surface area contributed by atoms with Gasteiger partial charge in [0.1, 0.15) is 5.69 Å². The molecule has 1 heterocycles. The minimum atomic E-state index is -0.403. The Morgan fingerprint density at radius 2 is 1.82 bits per heavy atom. The van der Waals surface area contributed by atoms with Crippen LogP contribution in [0, 0.1) is 6.92 Å². The van der Waals surface area contributed by atoms with Crippen molar-refractivity contribution < 1.29 is 14.3 Å². The zero-order valence-corrected chi connectivity index (χ0v) is 15.8. The second-order valence-electron chi connectivity index (χ2n) is 6.24. The highest BCUT2D eigenvalue weighted by atomic mass is 16.5. The van der Waals surface area contributed by atoms with Crippen LogP contribution < -0.4 is 10.9 Å². The summed E-state index contributed by atoms with van der Waals surface area (Å²) in [6.45, 7) is 3.96. The predicted molar refractivity (Wildman–Crippen MR) is 106 cm³/mol. The predicted octanol–water partition coefficient (Wildman–Crippen LogP) is 2.91. The van der Waals surface area contributed by atoms with Crippen LogP contribution in [0.2, 0.25) is 0 Å². The Labute approximate surface area is 162 Å². The van der Waals surface area contributed by atoms with Crippen LogP contribution in [0.25, 0.3) is 11.0 Å². The molecule has 1 aromatic heterocycles. The van der Waals surface area contributed by atoms with Crippen LogP contribution in [0.1, 0.15) is 29.4 Å². The highest BCUT2D eigenvalue weighted by Crippen LogP contribution is 2.13. The lowest BCUT2D eigenvalue weighted by atomic mass is 10.2. The van der Waals surface area contributed by atoms with Crippen LogP contribution in [-0.4, -0.2) is 28.0 Å². The van der Waals surface area contributed by atoms with Crippen LogP contribution in [-0.2, 0) is 16.1 Å². The summed E-state index contributed by atoms with van der Waals surface area (Å²) in [4.78, 5) is 40.7. The molecular weight excluding hydrogens is 358 g/mol. The second-order valence-corrected chi connectivity index (χ2v) is 6.24. The van der Waals surface area contributed by atoms with Gasteiger partial charge in [0, 0.05) is 18.7 Å². The normalized spacial score (nSPS) is 10.6. The molecule has 2 aromatic carbocycles. The van der Waals surface area contributed by atoms with E-state index in [9.17, 15) is 14.4 Å². The van der Waals surface area contributed by atoms with Crippen molar-refractivity contribution >= 4 is 28.6 Å². The minimum Gasteiger partial charge on any atom is -0.462 e. The molecule has 0 aliphatic rings. The van der Waals surface area contributed by atoms with E-state index in [2.05, 4.69) is 10.3 Å². The highest BCUT2D eigenvalue weighted by molar-refractivity contribution is 5.93. The fourth-order valence-electron chi connectivity index (χ4n) is 2.88. The van der Waals surface area contributed by atoms with Crippen LogP contribution in [0.4, 0.5) is 5.69 Å². The number of esters is 1. The summed E-state index contributed by atoms with van der Waals surface area (Å²) >= 11 is 0. The third-order valence-corrected chi connectivity index (χ3v) is 4.26. The number of hydrogen-bond donors (Lipinski definition) is 1. The second kappa shape index (κ2) is 8.47. The Morgan fingerprint density at radius 1 is 1.11 bits per heavy atom. The Hall–Kier alpha value is -3.48. The smallest absolute Gasteiger partial charge is 0.338 e. The SMILES string of the molecule is CCOC(=O)c1ccc(NC(=O)CCn2c(=O)c(C)nc3ccccc32)cc1. The van der Waals surface area contributed by atoms with Crippen LogP contribution in [0.3, 0.4) is 0 Å². The monoisotopic (exact) mass is 379 g/mol. The van der Waals surface area contributed by atoms with Gasteiger partial charge in [-0.25, -0.2) is 9.78 Å². The number of aryl methyl sites for hydroxylation is 2. The van der Waals surface area contributed by atoms with Crippen molar-refractivity contribution in [3.8, 4) is 0 Å². The van der Waals surface area contributed by atoms with Crippen LogP contribution in [0.5, 0.6) is 0 Å². The number of carbonyl (C=O) groups excluding carboxylic acids is 2. The number of aromatic nitrogens is 2. The average Bonchev–Trinajstić information content (AvgIpc) is 2.69. The van der Waals surface area contributed by atoms with Gasteiger partial charge in [0.05, 0.1) is 23.2 Å². The number of amides is 1. The van der Waals surface area contributed by atoms with Gasteiger partial charge in [0.25, 0.3) is 5.56 Å². The first-order valence-corrected chi connectivity index (χ1v) is 9.03. The van der Waals surface area contributed by atoms with Gasteiger partial charge >= 0.3 is 5.97 Å². The topological polar surface area (TPSA) is 90.3 Å². The molecule has 0 saturated heterocycles. The van der Waals surface area contributed by atoms with Crippen molar-refractivity contribution in [3.05, 3.63) is 70.1 Å². The van der Waals surface area contributed by atoms with Crippen molar-refractivity contribution in [2.24, 2.45) is 0 Å². The molecular formula is C21H21N3O4. The quantitative estimate of drug-likeness (QED) is 0.665. The van der Waals surface area contributed by atoms with Crippen LogP contribution >= 0.6 is 0 Å². The Morgan fingerprint density at radius 3 is 2.54 bits per heavy atom. The maximum atomic E-state index is 12.4. The molecule has 0 unspecified atom stereocenters. The lowest BCUT2D eigenvalue weighted by Crippen LogP contribution is -2.26. The number of anilines is 1. The van der Waals surface area contributed by atoms with Gasteiger partial charge in [-0.05, 0) is 50.2 Å². The molecule has 0 atom stereocenters. The zero-order valence-electron chi connectivity index (χ0n) is 15.8. The van der Waals surface area contributed by atoms with E-state index in [4.69, 9.17) is 4.74 Å². The summed E-state index contributed by atoms with van der Waals surface area (Å²) in [5.74, 6) is -0.631. The molecule has 0 radical (unpaired) electrons. The molecule has 1 N–H and O–H groups in total. The molecule has 0 saturated carbocycles. The summed E-state index contributed by atoms with van der Waals surface area (Å²) in [5, 5.41) is 2.77. The van der Waals surface area contributed by atoms with Gasteiger partial charge in [0.2, 0.25) is 5.91 Å². The maximum absolute atomic E-state index is 12.4. The molecule has 1 amide bonds. The average molecular weight is 379 g/mol. The Kier molecular flexibility index (Phi) is 5.84. The summed E-state index contributed by atoms with van der Waals surface area (Å²) in [7, 11) is 0. The third-order valence-electron chi connectivity index (χ3n) is 4.26. The van der Waals surface area contributed by atoms with Crippen LogP contribution in [0.15, 0.2) is 53.3 Å². The number of fused-ring (bicyclic) bond motifs is 1. The number of para-hydroxylation sites is 2. The Bertz CT molecular complexity index is 1070. The number of ether oxygens (including phenoxy) is 1. The summed E-state index contributed by atoms with van der Waals surface area (Å²) in [6.07, 6.45) is 0.132. The van der Waals surface area contributed by atoms with Crippen molar-refractivity contribution in [2.75, 3.05) is 11.9 Å². The fourth-order valence-corrected chi connectivity index (χ4v) is 2.88. The van der Waals surface area contributed by atoms with Crippen molar-refractivity contribution in [2.45, 2.75) is 26.8 Å². The maximum Gasteiger partial charge on any atom is 0.338 e. The number of benzene rings is 2. The third kappa shape index (κ3) is 4.25. The first-order chi connectivity index (χ1) is 13.5. The molecule has 7 nitrogen and oxygen atoms in total. The van der Waals surface area contributed by atoms with E-state index in [-0.39, 0.29) is 24.4 Å².